The van der Waals surface area contributed by atoms with Crippen molar-refractivity contribution < 1.29 is 29.6 Å². The summed E-state index contributed by atoms with van der Waals surface area (Å²) < 4.78 is 9.96. The molecular formula is C13H16O6. The van der Waals surface area contributed by atoms with Crippen LogP contribution < -0.4 is 0 Å². The van der Waals surface area contributed by atoms with E-state index in [1.54, 1.807) is 0 Å². The highest BCUT2D eigenvalue weighted by Crippen LogP contribution is 2.19. The third kappa shape index (κ3) is 3.30. The van der Waals surface area contributed by atoms with Gasteiger partial charge in [0.15, 0.2) is 12.2 Å². The molecule has 0 radical (unpaired) electrons. The molecule has 1 saturated heterocycles. The van der Waals surface area contributed by atoms with Crippen molar-refractivity contribution in [2.45, 2.75) is 31.0 Å². The predicted octanol–water partition coefficient (Wildman–Crippen LogP) is -0.789. The van der Waals surface area contributed by atoms with E-state index in [1.807, 2.05) is 30.3 Å². The minimum atomic E-state index is -1.60. The molecule has 19 heavy (non-hydrogen) atoms. The molecule has 0 aromatic heterocycles. The average molecular weight is 268 g/mol. The first-order valence-corrected chi connectivity index (χ1v) is 5.96. The summed E-state index contributed by atoms with van der Waals surface area (Å²) in [5, 5.41) is 28.5. The second kappa shape index (κ2) is 6.12. The first-order valence-electron chi connectivity index (χ1n) is 5.96. The molecule has 6 nitrogen and oxygen atoms in total. The summed E-state index contributed by atoms with van der Waals surface area (Å²) in [5.74, 6) is -0.931. The number of aliphatic hydroxyl groups is 3. The van der Waals surface area contributed by atoms with Crippen molar-refractivity contribution in [2.24, 2.45) is 0 Å². The van der Waals surface area contributed by atoms with Crippen LogP contribution in [-0.4, -0.2) is 52.3 Å². The molecule has 0 aliphatic carbocycles. The maximum Gasteiger partial charge on any atom is 0.338 e. The Morgan fingerprint density at radius 2 is 1.95 bits per heavy atom. The van der Waals surface area contributed by atoms with Crippen LogP contribution in [0.4, 0.5) is 0 Å². The van der Waals surface area contributed by atoms with Crippen LogP contribution >= 0.6 is 0 Å². The molecule has 0 unspecified atom stereocenters. The van der Waals surface area contributed by atoms with Crippen molar-refractivity contribution >= 4 is 5.97 Å². The minimum Gasteiger partial charge on any atom is -0.455 e. The van der Waals surface area contributed by atoms with Crippen molar-refractivity contribution in [3.63, 3.8) is 0 Å². The second-order valence-electron chi connectivity index (χ2n) is 4.41. The third-order valence-corrected chi connectivity index (χ3v) is 2.93. The second-order valence-corrected chi connectivity index (χ2v) is 4.41. The van der Waals surface area contributed by atoms with Crippen LogP contribution in [0.15, 0.2) is 30.3 Å². The normalized spacial score (nSPS) is 28.2. The van der Waals surface area contributed by atoms with Crippen molar-refractivity contribution in [3.05, 3.63) is 35.9 Å². The maximum atomic E-state index is 11.0. The molecule has 4 atom stereocenters. The fourth-order valence-corrected chi connectivity index (χ4v) is 1.87. The van der Waals surface area contributed by atoms with Gasteiger partial charge in [0.1, 0.15) is 12.2 Å². The number of hydrogen-bond donors (Lipinski definition) is 3. The highest BCUT2D eigenvalue weighted by atomic mass is 16.6. The van der Waals surface area contributed by atoms with Gasteiger partial charge in [-0.15, -0.1) is 0 Å². The van der Waals surface area contributed by atoms with E-state index in [0.717, 1.165) is 5.56 Å². The predicted molar refractivity (Wildman–Crippen MR) is 64.0 cm³/mol. The van der Waals surface area contributed by atoms with Crippen molar-refractivity contribution in [2.75, 3.05) is 6.61 Å². The van der Waals surface area contributed by atoms with Crippen molar-refractivity contribution in [3.8, 4) is 0 Å². The van der Waals surface area contributed by atoms with Gasteiger partial charge >= 0.3 is 5.97 Å². The van der Waals surface area contributed by atoms with Crippen LogP contribution in [0, 0.1) is 0 Å². The average Bonchev–Trinajstić information content (AvgIpc) is 2.68. The number of hydrogen-bond acceptors (Lipinski definition) is 6. The van der Waals surface area contributed by atoms with Gasteiger partial charge in [0.05, 0.1) is 13.2 Å². The molecule has 1 aliphatic rings. The lowest BCUT2D eigenvalue weighted by Crippen LogP contribution is -2.40. The van der Waals surface area contributed by atoms with E-state index in [4.69, 9.17) is 4.74 Å². The van der Waals surface area contributed by atoms with Gasteiger partial charge in [0.2, 0.25) is 0 Å². The Bertz CT molecular complexity index is 420. The molecule has 1 aliphatic heterocycles. The molecule has 3 N–H and O–H groups in total. The molecule has 0 saturated carbocycles. The van der Waals surface area contributed by atoms with Gasteiger partial charge in [0, 0.05) is 0 Å². The minimum absolute atomic E-state index is 0.101. The van der Waals surface area contributed by atoms with E-state index in [0.29, 0.717) is 6.61 Å². The highest BCUT2D eigenvalue weighted by molar-refractivity contribution is 5.77. The molecule has 1 heterocycles. The zero-order valence-electron chi connectivity index (χ0n) is 10.2. The van der Waals surface area contributed by atoms with Crippen LogP contribution in [0.5, 0.6) is 0 Å². The zero-order chi connectivity index (χ0) is 13.8. The van der Waals surface area contributed by atoms with E-state index < -0.39 is 30.4 Å². The molecule has 2 rings (SSSR count). The Morgan fingerprint density at radius 1 is 1.26 bits per heavy atom. The lowest BCUT2D eigenvalue weighted by atomic mass is 10.1. The summed E-state index contributed by atoms with van der Waals surface area (Å²) in [5.41, 5.74) is 0.943. The number of benzene rings is 1. The number of rotatable bonds is 5. The zero-order valence-corrected chi connectivity index (χ0v) is 10.2. The van der Waals surface area contributed by atoms with E-state index in [9.17, 15) is 20.1 Å². The monoisotopic (exact) mass is 268 g/mol. The Labute approximate surface area is 110 Å². The van der Waals surface area contributed by atoms with Crippen molar-refractivity contribution in [1.82, 2.24) is 0 Å². The van der Waals surface area contributed by atoms with Gasteiger partial charge in [-0.1, -0.05) is 30.3 Å². The Kier molecular flexibility index (Phi) is 4.49. The van der Waals surface area contributed by atoms with E-state index in [2.05, 4.69) is 4.74 Å². The number of carbonyl (C=O) groups is 1. The largest absolute Gasteiger partial charge is 0.455 e. The molecule has 104 valence electrons. The summed E-state index contributed by atoms with van der Waals surface area (Å²) in [6, 6.07) is 9.37. The van der Waals surface area contributed by atoms with Gasteiger partial charge in [-0.25, -0.2) is 4.79 Å². The standard InChI is InChI=1S/C13H16O6/c14-9(12-10(15)11(16)13(17)19-12)7-18-6-8-4-2-1-3-5-8/h1-5,9-12,14-16H,6-7H2/t9-,10-,11-,12+/m0/s1. The molecule has 6 heteroatoms. The van der Waals surface area contributed by atoms with E-state index >= 15 is 0 Å². The molecule has 1 aromatic rings. The van der Waals surface area contributed by atoms with E-state index in [-0.39, 0.29) is 6.61 Å². The highest BCUT2D eigenvalue weighted by Gasteiger charge is 2.46. The van der Waals surface area contributed by atoms with Crippen LogP contribution in [0.3, 0.4) is 0 Å². The summed E-state index contributed by atoms with van der Waals surface area (Å²) in [6.07, 6.45) is -5.37. The summed E-state index contributed by atoms with van der Waals surface area (Å²) in [7, 11) is 0. The molecule has 0 bridgehead atoms. The Morgan fingerprint density at radius 3 is 2.53 bits per heavy atom. The van der Waals surface area contributed by atoms with Crippen LogP contribution in [0.1, 0.15) is 5.56 Å². The van der Waals surface area contributed by atoms with Gasteiger partial charge in [-0.05, 0) is 5.56 Å². The molecule has 0 amide bonds. The number of esters is 1. The fourth-order valence-electron chi connectivity index (χ4n) is 1.87. The summed E-state index contributed by atoms with van der Waals surface area (Å²) in [6.45, 7) is 0.202. The molecule has 1 fully saturated rings. The molecular weight excluding hydrogens is 252 g/mol. The lowest BCUT2D eigenvalue weighted by molar-refractivity contribution is -0.152. The Balaban J connectivity index is 1.79. The van der Waals surface area contributed by atoms with Gasteiger partial charge in [0.25, 0.3) is 0 Å². The SMILES string of the molecule is O=C1O[C@H]([C@@H](O)COCc2ccccc2)[C@@H](O)[C@@H]1O. The number of carbonyl (C=O) groups excluding carboxylic acids is 1. The summed E-state index contributed by atoms with van der Waals surface area (Å²) >= 11 is 0. The number of cyclic esters (lactones) is 1. The Hall–Kier alpha value is -1.47. The molecule has 1 aromatic carbocycles. The van der Waals surface area contributed by atoms with Crippen LogP contribution in [0.25, 0.3) is 0 Å². The maximum absolute atomic E-state index is 11.0. The topological polar surface area (TPSA) is 96.2 Å². The smallest absolute Gasteiger partial charge is 0.338 e. The van der Waals surface area contributed by atoms with Gasteiger partial charge in [-0.3, -0.25) is 0 Å². The first kappa shape index (κ1) is 14.0. The van der Waals surface area contributed by atoms with Gasteiger partial charge < -0.3 is 24.8 Å². The van der Waals surface area contributed by atoms with E-state index in [1.165, 1.54) is 0 Å². The summed E-state index contributed by atoms with van der Waals surface area (Å²) in [4.78, 5) is 11.0. The quantitative estimate of drug-likeness (QED) is 0.606. The van der Waals surface area contributed by atoms with Gasteiger partial charge in [-0.2, -0.15) is 0 Å². The van der Waals surface area contributed by atoms with Crippen LogP contribution in [-0.2, 0) is 20.9 Å². The third-order valence-electron chi connectivity index (χ3n) is 2.93. The fraction of sp³-hybridized carbons (Fsp3) is 0.462. The van der Waals surface area contributed by atoms with Crippen LogP contribution in [0.2, 0.25) is 0 Å². The number of ether oxygens (including phenoxy) is 2. The van der Waals surface area contributed by atoms with Crippen molar-refractivity contribution in [1.29, 1.82) is 0 Å². The number of aliphatic hydroxyl groups excluding tert-OH is 3. The first-order chi connectivity index (χ1) is 9.09. The molecule has 0 spiro atoms. The lowest BCUT2D eigenvalue weighted by Gasteiger charge is -2.19.